The fourth-order valence-corrected chi connectivity index (χ4v) is 1.98. The first-order valence-electron chi connectivity index (χ1n) is 6.00. The highest BCUT2D eigenvalue weighted by Gasteiger charge is 2.12. The highest BCUT2D eigenvalue weighted by atomic mass is 16.1. The van der Waals surface area contributed by atoms with Crippen molar-refractivity contribution in [2.45, 2.75) is 26.2 Å². The van der Waals surface area contributed by atoms with Crippen LogP contribution in [-0.2, 0) is 6.42 Å². The van der Waals surface area contributed by atoms with E-state index in [4.69, 9.17) is 5.73 Å². The van der Waals surface area contributed by atoms with Gasteiger partial charge in [0, 0.05) is 6.42 Å². The van der Waals surface area contributed by atoms with Crippen LogP contribution in [0.15, 0.2) is 35.1 Å². The summed E-state index contributed by atoms with van der Waals surface area (Å²) in [6.45, 7) is 3.86. The lowest BCUT2D eigenvalue weighted by Gasteiger charge is -2.09. The molecule has 0 aliphatic rings. The molecule has 0 saturated carbocycles. The first-order valence-corrected chi connectivity index (χ1v) is 6.00. The summed E-state index contributed by atoms with van der Waals surface area (Å²) in [6.07, 6.45) is 0.582. The lowest BCUT2D eigenvalue weighted by molar-refractivity contribution is 0.818. The van der Waals surface area contributed by atoms with E-state index in [2.05, 4.69) is 9.97 Å². The van der Waals surface area contributed by atoms with E-state index in [1.54, 1.807) is 0 Å². The largest absolute Gasteiger partial charge is 0.383 e. The SMILES string of the molecule is CC(C)c1c(N)nc(Cc2ccccc2)[nH]c1=O. The Balaban J connectivity index is 2.35. The van der Waals surface area contributed by atoms with E-state index in [0.29, 0.717) is 23.6 Å². The van der Waals surface area contributed by atoms with Gasteiger partial charge in [-0.25, -0.2) is 4.98 Å². The van der Waals surface area contributed by atoms with E-state index in [0.717, 1.165) is 5.56 Å². The molecule has 0 spiro atoms. The molecule has 2 rings (SSSR count). The molecule has 2 aromatic rings. The summed E-state index contributed by atoms with van der Waals surface area (Å²) in [5.74, 6) is 1.01. The molecule has 1 heterocycles. The van der Waals surface area contributed by atoms with Crippen molar-refractivity contribution in [3.05, 3.63) is 57.6 Å². The molecule has 0 bridgehead atoms. The normalized spacial score (nSPS) is 10.8. The first-order chi connectivity index (χ1) is 8.58. The molecule has 18 heavy (non-hydrogen) atoms. The average Bonchev–Trinajstić information content (AvgIpc) is 2.28. The number of aromatic amines is 1. The third-order valence-electron chi connectivity index (χ3n) is 2.83. The Morgan fingerprint density at radius 3 is 2.50 bits per heavy atom. The van der Waals surface area contributed by atoms with E-state index < -0.39 is 0 Å². The van der Waals surface area contributed by atoms with Crippen LogP contribution in [-0.4, -0.2) is 9.97 Å². The molecule has 3 N–H and O–H groups in total. The summed E-state index contributed by atoms with van der Waals surface area (Å²) >= 11 is 0. The van der Waals surface area contributed by atoms with Gasteiger partial charge in [0.1, 0.15) is 11.6 Å². The second kappa shape index (κ2) is 5.04. The Labute approximate surface area is 106 Å². The fraction of sp³-hybridized carbons (Fsp3) is 0.286. The van der Waals surface area contributed by atoms with Crippen LogP contribution in [0.4, 0.5) is 5.82 Å². The van der Waals surface area contributed by atoms with Gasteiger partial charge in [0.25, 0.3) is 5.56 Å². The predicted octanol–water partition coefficient (Wildman–Crippen LogP) is 2.07. The quantitative estimate of drug-likeness (QED) is 0.866. The van der Waals surface area contributed by atoms with Crippen molar-refractivity contribution in [3.8, 4) is 0 Å². The molecule has 0 atom stereocenters. The lowest BCUT2D eigenvalue weighted by atomic mass is 10.1. The summed E-state index contributed by atoms with van der Waals surface area (Å²) in [5.41, 5.74) is 7.37. The minimum absolute atomic E-state index is 0.0759. The molecule has 0 amide bonds. The molecular formula is C14H17N3O. The number of hydrogen-bond acceptors (Lipinski definition) is 3. The predicted molar refractivity (Wildman–Crippen MR) is 72.6 cm³/mol. The van der Waals surface area contributed by atoms with Crippen LogP contribution < -0.4 is 11.3 Å². The summed E-state index contributed by atoms with van der Waals surface area (Å²) in [4.78, 5) is 19.0. The van der Waals surface area contributed by atoms with Gasteiger partial charge in [0.15, 0.2) is 0 Å². The fourth-order valence-electron chi connectivity index (χ4n) is 1.98. The van der Waals surface area contributed by atoms with Crippen molar-refractivity contribution >= 4 is 5.82 Å². The molecule has 1 aromatic heterocycles. The molecule has 0 unspecified atom stereocenters. The molecule has 0 fully saturated rings. The van der Waals surface area contributed by atoms with Gasteiger partial charge in [0.2, 0.25) is 0 Å². The van der Waals surface area contributed by atoms with Gasteiger partial charge < -0.3 is 10.7 Å². The first kappa shape index (κ1) is 12.4. The molecule has 94 valence electrons. The number of anilines is 1. The standard InChI is InChI=1S/C14H17N3O/c1-9(2)12-13(15)16-11(17-14(12)18)8-10-6-4-3-5-7-10/h3-7,9H,8H2,1-2H3,(H3,15,16,17,18). The third-order valence-corrected chi connectivity index (χ3v) is 2.83. The summed E-state index contributed by atoms with van der Waals surface area (Å²) in [6, 6.07) is 9.85. The Bertz CT molecular complexity index is 588. The van der Waals surface area contributed by atoms with E-state index in [-0.39, 0.29) is 11.5 Å². The summed E-state index contributed by atoms with van der Waals surface area (Å²) < 4.78 is 0. The van der Waals surface area contributed by atoms with Crippen LogP contribution in [0.1, 0.15) is 36.7 Å². The molecule has 0 radical (unpaired) electrons. The molecule has 4 nitrogen and oxygen atoms in total. The Kier molecular flexibility index (Phi) is 3.46. The van der Waals surface area contributed by atoms with Crippen molar-refractivity contribution < 1.29 is 0 Å². The maximum Gasteiger partial charge on any atom is 0.256 e. The summed E-state index contributed by atoms with van der Waals surface area (Å²) in [5, 5.41) is 0. The minimum Gasteiger partial charge on any atom is -0.383 e. The number of nitrogens with one attached hydrogen (secondary N) is 1. The van der Waals surface area contributed by atoms with Crippen LogP contribution >= 0.6 is 0 Å². The van der Waals surface area contributed by atoms with E-state index in [1.165, 1.54) is 0 Å². The topological polar surface area (TPSA) is 71.8 Å². The highest BCUT2D eigenvalue weighted by Crippen LogP contribution is 2.15. The van der Waals surface area contributed by atoms with Gasteiger partial charge in [0.05, 0.1) is 5.56 Å². The number of benzene rings is 1. The Morgan fingerprint density at radius 2 is 1.94 bits per heavy atom. The number of rotatable bonds is 3. The molecule has 1 aromatic carbocycles. The van der Waals surface area contributed by atoms with Gasteiger partial charge in [-0.05, 0) is 11.5 Å². The average molecular weight is 243 g/mol. The zero-order valence-corrected chi connectivity index (χ0v) is 10.6. The van der Waals surface area contributed by atoms with Gasteiger partial charge >= 0.3 is 0 Å². The van der Waals surface area contributed by atoms with Crippen LogP contribution in [0, 0.1) is 0 Å². The molecule has 0 saturated heterocycles. The van der Waals surface area contributed by atoms with Crippen molar-refractivity contribution in [2.24, 2.45) is 0 Å². The van der Waals surface area contributed by atoms with Gasteiger partial charge in [-0.3, -0.25) is 4.79 Å². The zero-order valence-electron chi connectivity index (χ0n) is 10.6. The molecular weight excluding hydrogens is 226 g/mol. The summed E-state index contributed by atoms with van der Waals surface area (Å²) in [7, 11) is 0. The Morgan fingerprint density at radius 1 is 1.28 bits per heavy atom. The lowest BCUT2D eigenvalue weighted by Crippen LogP contribution is -2.20. The van der Waals surface area contributed by atoms with E-state index in [1.807, 2.05) is 44.2 Å². The van der Waals surface area contributed by atoms with E-state index >= 15 is 0 Å². The van der Waals surface area contributed by atoms with Crippen molar-refractivity contribution in [1.29, 1.82) is 0 Å². The third kappa shape index (κ3) is 2.59. The number of nitrogens with zero attached hydrogens (tertiary/aromatic N) is 1. The van der Waals surface area contributed by atoms with E-state index in [9.17, 15) is 4.79 Å². The van der Waals surface area contributed by atoms with Gasteiger partial charge in [-0.1, -0.05) is 44.2 Å². The van der Waals surface area contributed by atoms with Crippen molar-refractivity contribution in [1.82, 2.24) is 9.97 Å². The van der Waals surface area contributed by atoms with Crippen LogP contribution in [0.3, 0.4) is 0 Å². The maximum atomic E-state index is 11.9. The minimum atomic E-state index is -0.136. The maximum absolute atomic E-state index is 11.9. The number of H-pyrrole nitrogens is 1. The van der Waals surface area contributed by atoms with Crippen molar-refractivity contribution in [2.75, 3.05) is 5.73 Å². The highest BCUT2D eigenvalue weighted by molar-refractivity contribution is 5.40. The number of nitrogen functional groups attached to an aromatic ring is 1. The van der Waals surface area contributed by atoms with Crippen LogP contribution in [0.25, 0.3) is 0 Å². The number of nitrogens with two attached hydrogens (primary N) is 1. The van der Waals surface area contributed by atoms with Crippen molar-refractivity contribution in [3.63, 3.8) is 0 Å². The monoisotopic (exact) mass is 243 g/mol. The second-order valence-electron chi connectivity index (χ2n) is 4.63. The zero-order chi connectivity index (χ0) is 13.1. The number of hydrogen-bond donors (Lipinski definition) is 2. The molecule has 0 aliphatic heterocycles. The van der Waals surface area contributed by atoms with Crippen LogP contribution in [0.2, 0.25) is 0 Å². The molecule has 0 aliphatic carbocycles. The van der Waals surface area contributed by atoms with Crippen LogP contribution in [0.5, 0.6) is 0 Å². The Hall–Kier alpha value is -2.10. The number of aromatic nitrogens is 2. The second-order valence-corrected chi connectivity index (χ2v) is 4.63. The van der Waals surface area contributed by atoms with Gasteiger partial charge in [-0.2, -0.15) is 0 Å². The van der Waals surface area contributed by atoms with Gasteiger partial charge in [-0.15, -0.1) is 0 Å². The molecule has 4 heteroatoms. The smallest absolute Gasteiger partial charge is 0.256 e.